The Balaban J connectivity index is 1.90. The van der Waals surface area contributed by atoms with Gasteiger partial charge in [-0.3, -0.25) is 4.79 Å². The molecule has 4 nitrogen and oxygen atoms in total. The molecule has 21 heavy (non-hydrogen) atoms. The van der Waals surface area contributed by atoms with Crippen molar-refractivity contribution in [3.63, 3.8) is 0 Å². The average molecular weight is 283 g/mol. The Hall–Kier alpha value is -1.94. The Bertz CT molecular complexity index is 606. The summed E-state index contributed by atoms with van der Waals surface area (Å²) in [6, 6.07) is 11.6. The molecule has 2 N–H and O–H groups in total. The summed E-state index contributed by atoms with van der Waals surface area (Å²) in [5, 5.41) is 4.32. The number of hydrogen-bond donors (Lipinski definition) is 1. The maximum Gasteiger partial charge on any atom is 0.184 e. The lowest BCUT2D eigenvalue weighted by molar-refractivity contribution is 0.0821. The first-order valence-electron chi connectivity index (χ1n) is 7.65. The molecule has 110 valence electrons. The Labute approximate surface area is 125 Å². The van der Waals surface area contributed by atoms with Crippen LogP contribution in [0.3, 0.4) is 0 Å². The van der Waals surface area contributed by atoms with Gasteiger partial charge in [-0.25, -0.2) is 4.68 Å². The molecule has 0 amide bonds. The highest BCUT2D eigenvalue weighted by Crippen LogP contribution is 2.32. The first kappa shape index (κ1) is 14.0. The van der Waals surface area contributed by atoms with E-state index in [1.54, 1.807) is 10.9 Å². The molecule has 2 atom stereocenters. The van der Waals surface area contributed by atoms with Gasteiger partial charge in [-0.1, -0.05) is 31.0 Å². The van der Waals surface area contributed by atoms with Crippen molar-refractivity contribution < 1.29 is 4.79 Å². The molecule has 1 fully saturated rings. The van der Waals surface area contributed by atoms with Gasteiger partial charge in [0.05, 0.1) is 11.9 Å². The van der Waals surface area contributed by atoms with Crippen molar-refractivity contribution in [2.24, 2.45) is 17.6 Å². The van der Waals surface area contributed by atoms with Gasteiger partial charge in [0, 0.05) is 5.92 Å². The van der Waals surface area contributed by atoms with E-state index in [0.29, 0.717) is 18.2 Å². The van der Waals surface area contributed by atoms with Crippen molar-refractivity contribution >= 4 is 5.78 Å². The van der Waals surface area contributed by atoms with Crippen LogP contribution in [0.2, 0.25) is 0 Å². The molecule has 1 aromatic carbocycles. The standard InChI is InChI=1S/C17H21N3O/c18-12-13-6-4-5-9-15(13)17(21)16-10-11-19-20(16)14-7-2-1-3-8-14/h1-3,7-8,10-11,13,15H,4-6,9,12,18H2. The highest BCUT2D eigenvalue weighted by atomic mass is 16.1. The molecule has 1 aliphatic carbocycles. The molecule has 0 bridgehead atoms. The molecule has 1 saturated carbocycles. The van der Waals surface area contributed by atoms with Crippen LogP contribution in [0.1, 0.15) is 36.2 Å². The first-order valence-corrected chi connectivity index (χ1v) is 7.65. The minimum Gasteiger partial charge on any atom is -0.330 e. The zero-order valence-electron chi connectivity index (χ0n) is 12.1. The highest BCUT2D eigenvalue weighted by Gasteiger charge is 2.32. The van der Waals surface area contributed by atoms with E-state index in [4.69, 9.17) is 5.73 Å². The summed E-state index contributed by atoms with van der Waals surface area (Å²) < 4.78 is 1.74. The average Bonchev–Trinajstić information content (AvgIpc) is 3.04. The molecule has 4 heteroatoms. The number of nitrogens with two attached hydrogens (primary N) is 1. The summed E-state index contributed by atoms with van der Waals surface area (Å²) in [4.78, 5) is 12.9. The summed E-state index contributed by atoms with van der Waals surface area (Å²) >= 11 is 0. The van der Waals surface area contributed by atoms with E-state index in [9.17, 15) is 4.79 Å². The zero-order valence-corrected chi connectivity index (χ0v) is 12.1. The molecule has 0 spiro atoms. The van der Waals surface area contributed by atoms with Crippen LogP contribution in [-0.2, 0) is 0 Å². The Morgan fingerprint density at radius 1 is 1.19 bits per heavy atom. The first-order chi connectivity index (χ1) is 10.3. The van der Waals surface area contributed by atoms with Crippen LogP contribution in [-0.4, -0.2) is 22.1 Å². The van der Waals surface area contributed by atoms with Gasteiger partial charge in [0.2, 0.25) is 0 Å². The van der Waals surface area contributed by atoms with Crippen LogP contribution in [0.4, 0.5) is 0 Å². The second-order valence-corrected chi connectivity index (χ2v) is 5.71. The third-order valence-electron chi connectivity index (χ3n) is 4.44. The number of nitrogens with zero attached hydrogens (tertiary/aromatic N) is 2. The SMILES string of the molecule is NCC1CCCCC1C(=O)c1ccnn1-c1ccccc1. The Morgan fingerprint density at radius 2 is 1.95 bits per heavy atom. The summed E-state index contributed by atoms with van der Waals surface area (Å²) in [5.74, 6) is 0.541. The van der Waals surface area contributed by atoms with Crippen LogP contribution in [0.5, 0.6) is 0 Å². The highest BCUT2D eigenvalue weighted by molar-refractivity contribution is 5.97. The van der Waals surface area contributed by atoms with Gasteiger partial charge in [-0.15, -0.1) is 0 Å². The van der Waals surface area contributed by atoms with Gasteiger partial charge in [0.25, 0.3) is 0 Å². The number of hydrogen-bond acceptors (Lipinski definition) is 3. The van der Waals surface area contributed by atoms with Gasteiger partial charge >= 0.3 is 0 Å². The molecule has 0 saturated heterocycles. The van der Waals surface area contributed by atoms with Crippen molar-refractivity contribution in [2.45, 2.75) is 25.7 Å². The maximum absolute atomic E-state index is 12.9. The number of ketones is 1. The van der Waals surface area contributed by atoms with E-state index in [-0.39, 0.29) is 11.7 Å². The molecule has 2 aromatic rings. The van der Waals surface area contributed by atoms with Crippen molar-refractivity contribution in [3.05, 3.63) is 48.3 Å². The van der Waals surface area contributed by atoms with Crippen LogP contribution in [0.15, 0.2) is 42.6 Å². The van der Waals surface area contributed by atoms with Crippen molar-refractivity contribution in [1.82, 2.24) is 9.78 Å². The summed E-state index contributed by atoms with van der Waals surface area (Å²) in [6.07, 6.45) is 6.00. The van der Waals surface area contributed by atoms with Crippen molar-refractivity contribution in [1.29, 1.82) is 0 Å². The largest absolute Gasteiger partial charge is 0.330 e. The van der Waals surface area contributed by atoms with Crippen LogP contribution < -0.4 is 5.73 Å². The number of aromatic nitrogens is 2. The minimum atomic E-state index is 0.0444. The van der Waals surface area contributed by atoms with E-state index in [2.05, 4.69) is 5.10 Å². The second kappa shape index (κ2) is 6.22. The van der Waals surface area contributed by atoms with Crippen molar-refractivity contribution in [3.8, 4) is 5.69 Å². The van der Waals surface area contributed by atoms with Crippen molar-refractivity contribution in [2.75, 3.05) is 6.54 Å². The summed E-state index contributed by atoms with van der Waals surface area (Å²) in [6.45, 7) is 0.593. The summed E-state index contributed by atoms with van der Waals surface area (Å²) in [5.41, 5.74) is 7.45. The third-order valence-corrected chi connectivity index (χ3v) is 4.44. The number of para-hydroxylation sites is 1. The number of carbonyl (C=O) groups excluding carboxylic acids is 1. The fourth-order valence-corrected chi connectivity index (χ4v) is 3.29. The van der Waals surface area contributed by atoms with Gasteiger partial charge in [0.15, 0.2) is 5.78 Å². The number of benzene rings is 1. The molecular weight excluding hydrogens is 262 g/mol. The van der Waals surface area contributed by atoms with Gasteiger partial charge in [-0.05, 0) is 43.5 Å². The molecule has 1 aromatic heterocycles. The minimum absolute atomic E-state index is 0.0444. The number of rotatable bonds is 4. The molecule has 1 heterocycles. The van der Waals surface area contributed by atoms with Crippen LogP contribution in [0.25, 0.3) is 5.69 Å². The fraction of sp³-hybridized carbons (Fsp3) is 0.412. The van der Waals surface area contributed by atoms with Gasteiger partial charge in [0.1, 0.15) is 5.69 Å². The number of carbonyl (C=O) groups is 1. The number of Topliss-reactive ketones (excluding diaryl/α,β-unsaturated/α-hetero) is 1. The van der Waals surface area contributed by atoms with Crippen LogP contribution >= 0.6 is 0 Å². The predicted molar refractivity (Wildman–Crippen MR) is 82.4 cm³/mol. The van der Waals surface area contributed by atoms with E-state index in [1.807, 2.05) is 36.4 Å². The Kier molecular flexibility index (Phi) is 4.15. The lowest BCUT2D eigenvalue weighted by Gasteiger charge is -2.29. The van der Waals surface area contributed by atoms with E-state index in [1.165, 1.54) is 6.42 Å². The zero-order chi connectivity index (χ0) is 14.7. The molecule has 1 aliphatic rings. The lowest BCUT2D eigenvalue weighted by Crippen LogP contribution is -2.33. The van der Waals surface area contributed by atoms with E-state index >= 15 is 0 Å². The van der Waals surface area contributed by atoms with E-state index < -0.39 is 0 Å². The third kappa shape index (κ3) is 2.76. The molecule has 2 unspecified atom stereocenters. The topological polar surface area (TPSA) is 60.9 Å². The lowest BCUT2D eigenvalue weighted by atomic mass is 9.76. The normalized spacial score (nSPS) is 22.1. The molecular formula is C17H21N3O. The van der Waals surface area contributed by atoms with Gasteiger partial charge in [-0.2, -0.15) is 5.10 Å². The second-order valence-electron chi connectivity index (χ2n) is 5.71. The quantitative estimate of drug-likeness (QED) is 0.878. The van der Waals surface area contributed by atoms with Crippen LogP contribution in [0, 0.1) is 11.8 Å². The summed E-state index contributed by atoms with van der Waals surface area (Å²) in [7, 11) is 0. The maximum atomic E-state index is 12.9. The van der Waals surface area contributed by atoms with E-state index in [0.717, 1.165) is 24.9 Å². The Morgan fingerprint density at radius 3 is 2.71 bits per heavy atom. The molecule has 0 radical (unpaired) electrons. The molecule has 3 rings (SSSR count). The van der Waals surface area contributed by atoms with Gasteiger partial charge < -0.3 is 5.73 Å². The predicted octanol–water partition coefficient (Wildman–Crippen LogP) is 2.82. The fourth-order valence-electron chi connectivity index (χ4n) is 3.29. The monoisotopic (exact) mass is 283 g/mol. The smallest absolute Gasteiger partial charge is 0.184 e. The molecule has 0 aliphatic heterocycles.